The Balaban J connectivity index is 0.889. The number of benzene rings is 1. The van der Waals surface area contributed by atoms with Crippen molar-refractivity contribution in [3.63, 3.8) is 0 Å². The fourth-order valence-corrected chi connectivity index (χ4v) is 10.3. The predicted molar refractivity (Wildman–Crippen MR) is 253 cm³/mol. The van der Waals surface area contributed by atoms with Crippen LogP contribution in [0.1, 0.15) is 108 Å². The molecule has 10 nitrogen and oxygen atoms in total. The zero-order chi connectivity index (χ0) is 42.6. The number of carbonyl (C=O) groups excluding carboxylic acids is 2. The summed E-state index contributed by atoms with van der Waals surface area (Å²) >= 11 is 6.18. The van der Waals surface area contributed by atoms with Crippen LogP contribution in [0.15, 0.2) is 89.4 Å². The van der Waals surface area contributed by atoms with E-state index in [9.17, 15) is 9.59 Å². The SMILES string of the molecule is [B]C(P)c1cc(N2C(=O)C3(CCC3)N(C3(C)C=C(CC)C(CCCN4CC=NC(CCCC(=O)Nc5cccc(NC6CCC(=C)NC6=C)c5)C4)=CC3)C2=S)cnc1C#C. The number of nitrogens with zero attached hydrogens (tertiary/aromatic N) is 5. The summed E-state index contributed by atoms with van der Waals surface area (Å²) in [6.45, 7) is 15.3. The molecule has 1 aromatic carbocycles. The Morgan fingerprint density at radius 3 is 2.73 bits per heavy atom. The lowest BCUT2D eigenvalue weighted by Crippen LogP contribution is -2.62. The minimum atomic E-state index is -0.666. The van der Waals surface area contributed by atoms with E-state index in [4.69, 9.17) is 31.5 Å². The minimum absolute atomic E-state index is 0.00748. The number of pyridine rings is 1. The third kappa shape index (κ3) is 9.19. The van der Waals surface area contributed by atoms with E-state index in [-0.39, 0.29) is 23.9 Å². The van der Waals surface area contributed by atoms with Crippen LogP contribution < -0.4 is 20.9 Å². The van der Waals surface area contributed by atoms with Gasteiger partial charge in [0.05, 0.1) is 37.4 Å². The lowest BCUT2D eigenvalue weighted by molar-refractivity contribution is -0.131. The van der Waals surface area contributed by atoms with Crippen LogP contribution in [0.4, 0.5) is 17.1 Å². The molecule has 312 valence electrons. The number of anilines is 3. The Labute approximate surface area is 365 Å². The molecule has 1 saturated carbocycles. The lowest BCUT2D eigenvalue weighted by Gasteiger charge is -2.52. The topological polar surface area (TPSA) is 105 Å². The maximum absolute atomic E-state index is 14.3. The molecule has 0 bridgehead atoms. The lowest BCUT2D eigenvalue weighted by atomic mass is 9.71. The molecule has 4 heterocycles. The van der Waals surface area contributed by atoms with Gasteiger partial charge in [-0.05, 0) is 149 Å². The van der Waals surface area contributed by atoms with Crippen LogP contribution >= 0.6 is 21.5 Å². The second-order valence-corrected chi connectivity index (χ2v) is 18.2. The number of nitrogens with one attached hydrogen (secondary N) is 3. The van der Waals surface area contributed by atoms with Gasteiger partial charge in [0.2, 0.25) is 5.91 Å². The number of amides is 2. The van der Waals surface area contributed by atoms with E-state index >= 15 is 0 Å². The minimum Gasteiger partial charge on any atom is -0.377 e. The normalized spacial score (nSPS) is 24.4. The number of allylic oxidation sites excluding steroid dienone is 3. The highest BCUT2D eigenvalue weighted by Gasteiger charge is 2.63. The van der Waals surface area contributed by atoms with Crippen LogP contribution in [-0.2, 0) is 9.59 Å². The van der Waals surface area contributed by atoms with Gasteiger partial charge >= 0.3 is 0 Å². The van der Waals surface area contributed by atoms with Crippen molar-refractivity contribution in [2.45, 2.75) is 120 Å². The molecule has 2 amide bonds. The van der Waals surface area contributed by atoms with Gasteiger partial charge in [-0.2, -0.15) is 0 Å². The molecular formula is C47H58BN8O2PS. The number of terminal acetylenes is 1. The molecule has 3 fully saturated rings. The van der Waals surface area contributed by atoms with Crippen molar-refractivity contribution in [1.29, 1.82) is 0 Å². The van der Waals surface area contributed by atoms with Gasteiger partial charge < -0.3 is 20.9 Å². The van der Waals surface area contributed by atoms with Crippen LogP contribution in [0, 0.1) is 12.3 Å². The van der Waals surface area contributed by atoms with Gasteiger partial charge in [-0.1, -0.05) is 38.3 Å². The largest absolute Gasteiger partial charge is 0.377 e. The Morgan fingerprint density at radius 2 is 2.02 bits per heavy atom. The van der Waals surface area contributed by atoms with Gasteiger partial charge in [0, 0.05) is 48.5 Å². The maximum atomic E-state index is 14.3. The van der Waals surface area contributed by atoms with Crippen LogP contribution in [0.25, 0.3) is 0 Å². The Hall–Kier alpha value is -4.56. The van der Waals surface area contributed by atoms with E-state index in [1.165, 1.54) is 11.1 Å². The van der Waals surface area contributed by atoms with E-state index in [1.54, 1.807) is 11.1 Å². The molecule has 2 aliphatic carbocycles. The molecule has 2 saturated heterocycles. The highest BCUT2D eigenvalue weighted by atomic mass is 32.1. The fourth-order valence-electron chi connectivity index (χ4n) is 9.47. The van der Waals surface area contributed by atoms with Crippen molar-refractivity contribution in [3.8, 4) is 12.3 Å². The highest BCUT2D eigenvalue weighted by Crippen LogP contribution is 2.51. The van der Waals surface area contributed by atoms with Crippen LogP contribution in [-0.4, -0.2) is 88.6 Å². The average molecular weight is 841 g/mol. The number of aliphatic imine (C=N–C) groups is 1. The zero-order valence-electron chi connectivity index (χ0n) is 35.1. The molecule has 1 spiro atoms. The fraction of sp³-hybridized carbons (Fsp3) is 0.468. The third-order valence-electron chi connectivity index (χ3n) is 12.8. The molecule has 3 N–H and O–H groups in total. The quantitative estimate of drug-likeness (QED) is 0.0720. The monoisotopic (exact) mass is 840 g/mol. The molecule has 1 aromatic heterocycles. The van der Waals surface area contributed by atoms with Crippen molar-refractivity contribution >= 4 is 69.5 Å². The van der Waals surface area contributed by atoms with Crippen molar-refractivity contribution in [3.05, 3.63) is 95.6 Å². The van der Waals surface area contributed by atoms with Gasteiger partial charge in [0.1, 0.15) is 11.2 Å². The van der Waals surface area contributed by atoms with Gasteiger partial charge in [0.25, 0.3) is 5.91 Å². The molecule has 13 heteroatoms. The Bertz CT molecular complexity index is 2170. The number of aromatic nitrogens is 1. The maximum Gasteiger partial charge on any atom is 0.259 e. The zero-order valence-corrected chi connectivity index (χ0v) is 37.1. The van der Waals surface area contributed by atoms with E-state index in [0.717, 1.165) is 113 Å². The Kier molecular flexibility index (Phi) is 13.5. The molecule has 60 heavy (non-hydrogen) atoms. The number of hydrogen-bond donors (Lipinski definition) is 3. The predicted octanol–water partition coefficient (Wildman–Crippen LogP) is 7.92. The van der Waals surface area contributed by atoms with Crippen molar-refractivity contribution < 1.29 is 9.59 Å². The summed E-state index contributed by atoms with van der Waals surface area (Å²) in [5, 5.41) is 10.4. The van der Waals surface area contributed by atoms with E-state index < -0.39 is 16.6 Å². The number of thiocarbonyl (C=S) groups is 1. The summed E-state index contributed by atoms with van der Waals surface area (Å²) in [5.74, 6) is 2.63. The molecule has 5 aliphatic rings. The first-order valence-electron chi connectivity index (χ1n) is 21.5. The first-order valence-corrected chi connectivity index (χ1v) is 22.5. The number of carbonyl (C=O) groups is 2. The summed E-state index contributed by atoms with van der Waals surface area (Å²) in [4.78, 5) is 42.9. The van der Waals surface area contributed by atoms with E-state index in [2.05, 4.69) is 85.1 Å². The Morgan fingerprint density at radius 1 is 1.22 bits per heavy atom. The molecule has 5 atom stereocenters. The summed E-state index contributed by atoms with van der Waals surface area (Å²) < 4.78 is 0. The van der Waals surface area contributed by atoms with E-state index in [0.29, 0.717) is 28.5 Å². The second-order valence-electron chi connectivity index (χ2n) is 17.1. The molecule has 2 radical (unpaired) electrons. The molecular weight excluding hydrogens is 782 g/mol. The van der Waals surface area contributed by atoms with Crippen molar-refractivity contribution in [1.82, 2.24) is 20.1 Å². The molecule has 7 rings (SSSR count). The standard InChI is InChI=1S/C47H58BN8O2PS/c1-6-33-28-46(5,56-45(60)55(44(58)47(56)20-11-21-47)38-27-39(43(48)59)40(7-2)50-29-38)22-19-34(33)12-10-24-54-25-23-49-37(30-54)15-9-16-42(57)53-36-14-8-13-35(26-36)52-41-18-17-31(3)51-32(41)4/h2,8,13-14,19,23,26-29,37,41,43,51-52H,3-4,6,9-12,15-18,20-22,24-25,30,59H2,1,5H3,(H,53,57). The van der Waals surface area contributed by atoms with Crippen LogP contribution in [0.5, 0.6) is 0 Å². The second kappa shape index (κ2) is 18.6. The van der Waals surface area contributed by atoms with Gasteiger partial charge in [0.15, 0.2) is 5.11 Å². The van der Waals surface area contributed by atoms with Crippen LogP contribution in [0.3, 0.4) is 0 Å². The van der Waals surface area contributed by atoms with Gasteiger partial charge in [-0.3, -0.25) is 24.4 Å². The average Bonchev–Trinajstić information content (AvgIpc) is 3.46. The first kappa shape index (κ1) is 43.5. The van der Waals surface area contributed by atoms with Crippen LogP contribution in [0.2, 0.25) is 0 Å². The summed E-state index contributed by atoms with van der Waals surface area (Å²) in [7, 11) is 8.78. The summed E-state index contributed by atoms with van der Waals surface area (Å²) in [5.41, 5.74) is 6.57. The smallest absolute Gasteiger partial charge is 0.259 e. The number of piperidine rings is 1. The third-order valence-corrected chi connectivity index (χ3v) is 13.5. The first-order chi connectivity index (χ1) is 28.8. The number of rotatable bonds is 15. The molecule has 5 unspecified atom stereocenters. The summed E-state index contributed by atoms with van der Waals surface area (Å²) in [6, 6.07) is 10.0. The van der Waals surface area contributed by atoms with Gasteiger partial charge in [-0.25, -0.2) is 4.98 Å². The van der Waals surface area contributed by atoms with Crippen molar-refractivity contribution in [2.24, 2.45) is 4.99 Å². The molecule has 2 aromatic rings. The molecule has 3 aliphatic heterocycles. The summed E-state index contributed by atoms with van der Waals surface area (Å²) in [6.07, 6.45) is 24.3. The van der Waals surface area contributed by atoms with E-state index in [1.807, 2.05) is 36.5 Å². The van der Waals surface area contributed by atoms with Crippen molar-refractivity contribution in [2.75, 3.05) is 35.2 Å². The highest BCUT2D eigenvalue weighted by molar-refractivity contribution is 7.80. The van der Waals surface area contributed by atoms with Gasteiger partial charge in [-0.15, -0.1) is 15.7 Å². The number of hydrogen-bond acceptors (Lipinski definition) is 8.